The third-order valence-corrected chi connectivity index (χ3v) is 7.85. The molecule has 6 heteroatoms. The van der Waals surface area contributed by atoms with E-state index in [-0.39, 0.29) is 5.97 Å². The van der Waals surface area contributed by atoms with Crippen molar-refractivity contribution in [3.8, 4) is 5.75 Å². The number of hydrogen-bond acceptors (Lipinski definition) is 6. The van der Waals surface area contributed by atoms with Gasteiger partial charge in [0.1, 0.15) is 12.4 Å². The summed E-state index contributed by atoms with van der Waals surface area (Å²) in [6.07, 6.45) is 19.3. The van der Waals surface area contributed by atoms with Crippen LogP contribution in [0.5, 0.6) is 5.75 Å². The van der Waals surface area contributed by atoms with Gasteiger partial charge in [0.2, 0.25) is 0 Å². The number of carbonyl (C=O) groups excluding carboxylic acids is 1. The maximum absolute atomic E-state index is 12.4. The minimum Gasteiger partial charge on any atom is -0.492 e. The van der Waals surface area contributed by atoms with Crippen LogP contribution in [0.25, 0.3) is 0 Å². The molecule has 1 aromatic heterocycles. The van der Waals surface area contributed by atoms with Crippen molar-refractivity contribution in [3.63, 3.8) is 0 Å². The molecule has 0 bridgehead atoms. The molecule has 1 fully saturated rings. The summed E-state index contributed by atoms with van der Waals surface area (Å²) in [5.74, 6) is 0.702. The Morgan fingerprint density at radius 1 is 0.886 bits per heavy atom. The largest absolute Gasteiger partial charge is 0.492 e. The third kappa shape index (κ3) is 14.3. The van der Waals surface area contributed by atoms with E-state index >= 15 is 0 Å². The van der Waals surface area contributed by atoms with Crippen LogP contribution in [0.1, 0.15) is 107 Å². The second-order valence-electron chi connectivity index (χ2n) is 9.93. The van der Waals surface area contributed by atoms with Gasteiger partial charge < -0.3 is 14.2 Å². The highest BCUT2D eigenvalue weighted by Crippen LogP contribution is 2.30. The zero-order chi connectivity index (χ0) is 25.0. The normalized spacial score (nSPS) is 14.3. The average molecular weight is 510 g/mol. The minimum atomic E-state index is -0.166. The summed E-state index contributed by atoms with van der Waals surface area (Å²) >= 11 is 1.65. The molecule has 202 valence electrons. The number of morpholine rings is 1. The number of thiophene rings is 1. The second-order valence-corrected chi connectivity index (χ2v) is 11.0. The van der Waals surface area contributed by atoms with Crippen molar-refractivity contribution in [3.05, 3.63) is 15.8 Å². The summed E-state index contributed by atoms with van der Waals surface area (Å²) in [6.45, 7) is 9.65. The van der Waals surface area contributed by atoms with E-state index < -0.39 is 0 Å². The SMILES string of the molecule is CCCCCCCCCCCCCCCCOc1csc(C)c1CC(=O)OCCN1CCOCC1. The van der Waals surface area contributed by atoms with Crippen molar-refractivity contribution < 1.29 is 19.0 Å². The molecule has 5 nitrogen and oxygen atoms in total. The molecule has 0 spiro atoms. The first-order chi connectivity index (χ1) is 17.2. The number of aryl methyl sites for hydroxylation is 1. The predicted molar refractivity (Wildman–Crippen MR) is 147 cm³/mol. The standard InChI is InChI=1S/C29H51NO4S/c1-3-4-5-6-7-8-9-10-11-12-13-14-15-16-20-33-28-25-35-26(2)27(28)24-29(31)34-23-19-30-17-21-32-22-18-30/h25H,3-24H2,1-2H3. The highest BCUT2D eigenvalue weighted by atomic mass is 32.1. The van der Waals surface area contributed by atoms with Crippen LogP contribution in [0.2, 0.25) is 0 Å². The Labute approximate surface area is 218 Å². The van der Waals surface area contributed by atoms with Gasteiger partial charge in [0.15, 0.2) is 0 Å². The highest BCUT2D eigenvalue weighted by molar-refractivity contribution is 7.10. The molecule has 0 unspecified atom stereocenters. The molecule has 0 amide bonds. The van der Waals surface area contributed by atoms with E-state index in [0.717, 1.165) is 62.1 Å². The van der Waals surface area contributed by atoms with Crippen molar-refractivity contribution in [2.75, 3.05) is 46.1 Å². The van der Waals surface area contributed by atoms with Crippen LogP contribution >= 0.6 is 11.3 Å². The first kappa shape index (κ1) is 30.1. The highest BCUT2D eigenvalue weighted by Gasteiger charge is 2.16. The van der Waals surface area contributed by atoms with Crippen molar-refractivity contribution in [2.24, 2.45) is 0 Å². The van der Waals surface area contributed by atoms with Crippen LogP contribution in [0.15, 0.2) is 5.38 Å². The Morgan fingerprint density at radius 2 is 1.46 bits per heavy atom. The van der Waals surface area contributed by atoms with Gasteiger partial charge in [-0.25, -0.2) is 0 Å². The zero-order valence-corrected chi connectivity index (χ0v) is 23.4. The smallest absolute Gasteiger partial charge is 0.310 e. The fourth-order valence-corrected chi connectivity index (χ4v) is 5.39. The molecule has 0 atom stereocenters. The Kier molecular flexibility index (Phi) is 17.2. The quantitative estimate of drug-likeness (QED) is 0.128. The summed E-state index contributed by atoms with van der Waals surface area (Å²) in [4.78, 5) is 15.8. The minimum absolute atomic E-state index is 0.166. The van der Waals surface area contributed by atoms with E-state index in [2.05, 4.69) is 18.7 Å². The van der Waals surface area contributed by atoms with E-state index in [1.54, 1.807) is 11.3 Å². The zero-order valence-electron chi connectivity index (χ0n) is 22.6. The van der Waals surface area contributed by atoms with Crippen molar-refractivity contribution in [1.29, 1.82) is 0 Å². The summed E-state index contributed by atoms with van der Waals surface area (Å²) in [5.41, 5.74) is 0.997. The molecule has 1 aliphatic heterocycles. The molecule has 1 aromatic rings. The molecule has 0 aliphatic carbocycles. The maximum atomic E-state index is 12.4. The van der Waals surface area contributed by atoms with Crippen LogP contribution in [0.4, 0.5) is 0 Å². The second kappa shape index (κ2) is 20.0. The predicted octanol–water partition coefficient (Wildman–Crippen LogP) is 7.33. The lowest BCUT2D eigenvalue weighted by molar-refractivity contribution is -0.143. The summed E-state index contributed by atoms with van der Waals surface area (Å²) in [7, 11) is 0. The van der Waals surface area contributed by atoms with Gasteiger partial charge in [-0.2, -0.15) is 0 Å². The van der Waals surface area contributed by atoms with E-state index in [1.165, 1.54) is 83.5 Å². The molecule has 0 N–H and O–H groups in total. The molecule has 1 saturated heterocycles. The Balaban J connectivity index is 1.46. The third-order valence-electron chi connectivity index (χ3n) is 6.92. The first-order valence-electron chi connectivity index (χ1n) is 14.4. The fourth-order valence-electron chi connectivity index (χ4n) is 4.58. The lowest BCUT2D eigenvalue weighted by atomic mass is 10.0. The van der Waals surface area contributed by atoms with Gasteiger partial charge in [0.25, 0.3) is 0 Å². The van der Waals surface area contributed by atoms with E-state index in [1.807, 2.05) is 5.38 Å². The Morgan fingerprint density at radius 3 is 2.06 bits per heavy atom. The van der Waals surface area contributed by atoms with Gasteiger partial charge in [-0.1, -0.05) is 90.4 Å². The summed E-state index contributed by atoms with van der Waals surface area (Å²) < 4.78 is 16.9. The fraction of sp³-hybridized carbons (Fsp3) is 0.828. The van der Waals surface area contributed by atoms with E-state index in [0.29, 0.717) is 13.0 Å². The molecule has 0 aromatic carbocycles. The van der Waals surface area contributed by atoms with Gasteiger partial charge in [-0.15, -0.1) is 11.3 Å². The first-order valence-corrected chi connectivity index (χ1v) is 15.2. The van der Waals surface area contributed by atoms with E-state index in [4.69, 9.17) is 14.2 Å². The van der Waals surface area contributed by atoms with Gasteiger partial charge in [0.05, 0.1) is 26.2 Å². The van der Waals surface area contributed by atoms with Gasteiger partial charge in [-0.3, -0.25) is 9.69 Å². The van der Waals surface area contributed by atoms with Crippen LogP contribution in [-0.4, -0.2) is 56.9 Å². The van der Waals surface area contributed by atoms with Gasteiger partial charge in [0, 0.05) is 35.5 Å². The lowest BCUT2D eigenvalue weighted by Gasteiger charge is -2.26. The van der Waals surface area contributed by atoms with E-state index in [9.17, 15) is 4.79 Å². The Bertz CT molecular complexity index is 657. The number of ether oxygens (including phenoxy) is 3. The van der Waals surface area contributed by atoms with Crippen molar-refractivity contribution >= 4 is 17.3 Å². The number of unbranched alkanes of at least 4 members (excludes halogenated alkanes) is 13. The van der Waals surface area contributed by atoms with Crippen LogP contribution in [-0.2, 0) is 20.7 Å². The molecule has 2 heterocycles. The van der Waals surface area contributed by atoms with Crippen molar-refractivity contribution in [2.45, 2.75) is 110 Å². The summed E-state index contributed by atoms with van der Waals surface area (Å²) in [6, 6.07) is 0. The monoisotopic (exact) mass is 509 g/mol. The van der Waals surface area contributed by atoms with Crippen molar-refractivity contribution in [1.82, 2.24) is 4.90 Å². The topological polar surface area (TPSA) is 48.0 Å². The number of carbonyl (C=O) groups is 1. The lowest BCUT2D eigenvalue weighted by Crippen LogP contribution is -2.38. The van der Waals surface area contributed by atoms with Gasteiger partial charge in [-0.05, 0) is 13.3 Å². The van der Waals surface area contributed by atoms with Crippen LogP contribution in [0, 0.1) is 6.92 Å². The Hall–Kier alpha value is -1.11. The number of hydrogen-bond donors (Lipinski definition) is 0. The average Bonchev–Trinajstić information content (AvgIpc) is 3.21. The molecule has 35 heavy (non-hydrogen) atoms. The van der Waals surface area contributed by atoms with Crippen LogP contribution < -0.4 is 4.74 Å². The molecular weight excluding hydrogens is 458 g/mol. The van der Waals surface area contributed by atoms with Gasteiger partial charge >= 0.3 is 5.97 Å². The molecular formula is C29H51NO4S. The maximum Gasteiger partial charge on any atom is 0.310 e. The molecule has 2 rings (SSSR count). The number of esters is 1. The molecule has 1 aliphatic rings. The summed E-state index contributed by atoms with van der Waals surface area (Å²) in [5, 5.41) is 2.04. The molecule has 0 radical (unpaired) electrons. The number of rotatable bonds is 21. The molecule has 0 saturated carbocycles. The number of nitrogens with zero attached hydrogens (tertiary/aromatic N) is 1. The van der Waals surface area contributed by atoms with Crippen LogP contribution in [0.3, 0.4) is 0 Å².